The zero-order valence-corrected chi connectivity index (χ0v) is 9.44. The third-order valence-corrected chi connectivity index (χ3v) is 2.93. The van der Waals surface area contributed by atoms with Crippen molar-refractivity contribution in [2.45, 2.75) is 13.0 Å². The fourth-order valence-corrected chi connectivity index (χ4v) is 2.04. The van der Waals surface area contributed by atoms with Gasteiger partial charge < -0.3 is 15.5 Å². The highest BCUT2D eigenvalue weighted by Crippen LogP contribution is 2.20. The maximum atomic E-state index is 10.3. The minimum absolute atomic E-state index is 0.513. The van der Waals surface area contributed by atoms with Gasteiger partial charge in [-0.25, -0.2) is 0 Å². The quantitative estimate of drug-likeness (QED) is 0.747. The number of hydrogen-bond acceptors (Lipinski definition) is 3. The molecule has 1 unspecified atom stereocenters. The molecule has 2 N–H and O–H groups in total. The molecule has 86 valence electrons. The highest BCUT2D eigenvalue weighted by molar-refractivity contribution is 5.72. The van der Waals surface area contributed by atoms with Crippen molar-refractivity contribution in [2.24, 2.45) is 0 Å². The molecule has 1 heterocycles. The van der Waals surface area contributed by atoms with Gasteiger partial charge in [-0.15, -0.1) is 0 Å². The Hall–Kier alpha value is -1.55. The zero-order chi connectivity index (χ0) is 11.4. The molecule has 0 spiro atoms. The van der Waals surface area contributed by atoms with Gasteiger partial charge in [0.2, 0.25) is 6.41 Å². The lowest BCUT2D eigenvalue weighted by Gasteiger charge is -2.35. The first-order chi connectivity index (χ1) is 7.81. The van der Waals surface area contributed by atoms with Gasteiger partial charge in [0.1, 0.15) is 0 Å². The number of hydrogen-bond donors (Lipinski definition) is 2. The molecule has 4 heteroatoms. The maximum Gasteiger partial charge on any atom is 0.211 e. The first-order valence-electron chi connectivity index (χ1n) is 5.59. The average molecular weight is 219 g/mol. The molecule has 1 saturated heterocycles. The molecular formula is C12H17N3O. The van der Waals surface area contributed by atoms with Crippen LogP contribution >= 0.6 is 0 Å². The Morgan fingerprint density at radius 3 is 2.81 bits per heavy atom. The molecule has 1 amide bonds. The summed E-state index contributed by atoms with van der Waals surface area (Å²) in [6.07, 6.45) is 0.697. The number of amides is 1. The monoisotopic (exact) mass is 219 g/mol. The lowest BCUT2D eigenvalue weighted by atomic mass is 10.1. The van der Waals surface area contributed by atoms with Gasteiger partial charge in [0.15, 0.2) is 0 Å². The largest absolute Gasteiger partial charge is 0.366 e. The van der Waals surface area contributed by atoms with Gasteiger partial charge in [-0.3, -0.25) is 4.79 Å². The minimum atomic E-state index is 0.513. The van der Waals surface area contributed by atoms with E-state index in [2.05, 4.69) is 22.5 Å². The lowest BCUT2D eigenvalue weighted by Crippen LogP contribution is -2.49. The van der Waals surface area contributed by atoms with Crippen LogP contribution in [0.2, 0.25) is 0 Å². The number of nitrogens with one attached hydrogen (secondary N) is 2. The Bertz CT molecular complexity index is 350. The molecule has 1 atom stereocenters. The normalized spacial score (nSPS) is 20.6. The summed E-state index contributed by atoms with van der Waals surface area (Å²) < 4.78 is 0. The van der Waals surface area contributed by atoms with Crippen molar-refractivity contribution in [1.29, 1.82) is 0 Å². The van der Waals surface area contributed by atoms with Crippen LogP contribution in [0.3, 0.4) is 0 Å². The molecular weight excluding hydrogens is 202 g/mol. The standard InChI is InChI=1S/C12H17N3O/c1-10-8-13-6-7-15(10)12-4-2-11(3-5-12)14-9-16/h2-5,9-10,13H,6-8H2,1H3,(H,14,16). The van der Waals surface area contributed by atoms with Gasteiger partial charge in [0, 0.05) is 37.1 Å². The number of anilines is 2. The molecule has 1 aromatic rings. The summed E-state index contributed by atoms with van der Waals surface area (Å²) in [6.45, 7) is 5.29. The van der Waals surface area contributed by atoms with Crippen LogP contribution in [0, 0.1) is 0 Å². The van der Waals surface area contributed by atoms with E-state index in [1.165, 1.54) is 5.69 Å². The second-order valence-corrected chi connectivity index (χ2v) is 4.06. The summed E-state index contributed by atoms with van der Waals surface area (Å²) in [5, 5.41) is 6.00. The summed E-state index contributed by atoms with van der Waals surface area (Å²) in [4.78, 5) is 12.7. The van der Waals surface area contributed by atoms with E-state index in [9.17, 15) is 4.79 Å². The van der Waals surface area contributed by atoms with Crippen molar-refractivity contribution in [2.75, 3.05) is 29.9 Å². The molecule has 0 saturated carbocycles. The van der Waals surface area contributed by atoms with Crippen molar-refractivity contribution in [1.82, 2.24) is 5.32 Å². The van der Waals surface area contributed by atoms with Crippen molar-refractivity contribution < 1.29 is 4.79 Å². The molecule has 0 radical (unpaired) electrons. The van der Waals surface area contributed by atoms with E-state index in [0.717, 1.165) is 25.3 Å². The molecule has 1 aliphatic rings. The summed E-state index contributed by atoms with van der Waals surface area (Å²) >= 11 is 0. The number of nitrogens with zero attached hydrogens (tertiary/aromatic N) is 1. The van der Waals surface area contributed by atoms with Gasteiger partial charge in [0.25, 0.3) is 0 Å². The Balaban J connectivity index is 2.10. The Kier molecular flexibility index (Phi) is 3.41. The number of carbonyl (C=O) groups is 1. The van der Waals surface area contributed by atoms with Gasteiger partial charge in [0.05, 0.1) is 0 Å². The van der Waals surface area contributed by atoms with Crippen LogP contribution in [-0.2, 0) is 4.79 Å². The fourth-order valence-electron chi connectivity index (χ4n) is 2.04. The summed E-state index contributed by atoms with van der Waals surface area (Å²) in [6, 6.07) is 8.47. The van der Waals surface area contributed by atoms with E-state index >= 15 is 0 Å². The van der Waals surface area contributed by atoms with Gasteiger partial charge in [-0.2, -0.15) is 0 Å². The van der Waals surface area contributed by atoms with Crippen molar-refractivity contribution in [3.8, 4) is 0 Å². The van der Waals surface area contributed by atoms with Crippen LogP contribution < -0.4 is 15.5 Å². The molecule has 0 aliphatic carbocycles. The fraction of sp³-hybridized carbons (Fsp3) is 0.417. The molecule has 2 rings (SSSR count). The molecule has 4 nitrogen and oxygen atoms in total. The maximum absolute atomic E-state index is 10.3. The molecule has 1 fully saturated rings. The van der Waals surface area contributed by atoms with E-state index in [0.29, 0.717) is 12.5 Å². The highest BCUT2D eigenvalue weighted by Gasteiger charge is 2.17. The van der Waals surface area contributed by atoms with Gasteiger partial charge in [-0.1, -0.05) is 0 Å². The summed E-state index contributed by atoms with van der Waals surface area (Å²) in [5.74, 6) is 0. The van der Waals surface area contributed by atoms with Crippen LogP contribution in [0.15, 0.2) is 24.3 Å². The molecule has 1 aromatic carbocycles. The average Bonchev–Trinajstić information content (AvgIpc) is 2.31. The van der Waals surface area contributed by atoms with E-state index in [4.69, 9.17) is 0 Å². The van der Waals surface area contributed by atoms with Crippen molar-refractivity contribution >= 4 is 17.8 Å². The Labute approximate surface area is 95.6 Å². The van der Waals surface area contributed by atoms with Gasteiger partial charge in [-0.05, 0) is 31.2 Å². The first kappa shape index (κ1) is 11.0. The molecule has 0 aromatic heterocycles. The SMILES string of the molecule is CC1CNCCN1c1ccc(NC=O)cc1. The number of carbonyl (C=O) groups excluding carboxylic acids is 1. The van der Waals surface area contributed by atoms with Crippen molar-refractivity contribution in [3.05, 3.63) is 24.3 Å². The molecule has 1 aliphatic heterocycles. The summed E-state index contributed by atoms with van der Waals surface area (Å²) in [7, 11) is 0. The zero-order valence-electron chi connectivity index (χ0n) is 9.44. The number of rotatable bonds is 3. The van der Waals surface area contributed by atoms with E-state index in [-0.39, 0.29) is 0 Å². The van der Waals surface area contributed by atoms with E-state index < -0.39 is 0 Å². The Morgan fingerprint density at radius 2 is 2.19 bits per heavy atom. The van der Waals surface area contributed by atoms with Crippen LogP contribution in [0.5, 0.6) is 0 Å². The predicted molar refractivity (Wildman–Crippen MR) is 65.8 cm³/mol. The highest BCUT2D eigenvalue weighted by atomic mass is 16.1. The van der Waals surface area contributed by atoms with E-state index in [1.54, 1.807) is 0 Å². The third-order valence-electron chi connectivity index (χ3n) is 2.93. The topological polar surface area (TPSA) is 44.4 Å². The van der Waals surface area contributed by atoms with Crippen LogP contribution in [-0.4, -0.2) is 32.1 Å². The molecule has 0 bridgehead atoms. The minimum Gasteiger partial charge on any atom is -0.366 e. The number of benzene rings is 1. The van der Waals surface area contributed by atoms with Crippen molar-refractivity contribution in [3.63, 3.8) is 0 Å². The Morgan fingerprint density at radius 1 is 1.44 bits per heavy atom. The molecule has 16 heavy (non-hydrogen) atoms. The number of piperazine rings is 1. The van der Waals surface area contributed by atoms with Crippen LogP contribution in [0.4, 0.5) is 11.4 Å². The lowest BCUT2D eigenvalue weighted by molar-refractivity contribution is -0.105. The van der Waals surface area contributed by atoms with E-state index in [1.807, 2.05) is 24.3 Å². The van der Waals surface area contributed by atoms with Crippen LogP contribution in [0.25, 0.3) is 0 Å². The smallest absolute Gasteiger partial charge is 0.211 e. The third kappa shape index (κ3) is 2.33. The van der Waals surface area contributed by atoms with Gasteiger partial charge >= 0.3 is 0 Å². The first-order valence-corrected chi connectivity index (χ1v) is 5.59. The second kappa shape index (κ2) is 4.99. The predicted octanol–water partition coefficient (Wildman–Crippen LogP) is 1.05. The second-order valence-electron chi connectivity index (χ2n) is 4.06. The van der Waals surface area contributed by atoms with Crippen LogP contribution in [0.1, 0.15) is 6.92 Å². The summed E-state index contributed by atoms with van der Waals surface area (Å²) in [5.41, 5.74) is 2.05.